The largest absolute Gasteiger partial charge is 0.462 e. The Hall–Kier alpha value is -2.54. The van der Waals surface area contributed by atoms with Crippen molar-refractivity contribution in [2.75, 3.05) is 23.4 Å². The normalized spacial score (nSPS) is 10.1. The van der Waals surface area contributed by atoms with Crippen molar-refractivity contribution in [1.82, 2.24) is 4.98 Å². The predicted molar refractivity (Wildman–Crippen MR) is 90.4 cm³/mol. The second-order valence-electron chi connectivity index (χ2n) is 4.55. The lowest BCUT2D eigenvalue weighted by molar-refractivity contribution is -0.113. The minimum Gasteiger partial charge on any atom is -0.462 e. The van der Waals surface area contributed by atoms with Gasteiger partial charge in [-0.3, -0.25) is 4.79 Å². The fourth-order valence-electron chi connectivity index (χ4n) is 1.73. The number of nitrogen functional groups attached to an aromatic ring is 1. The maximum absolute atomic E-state index is 11.9. The summed E-state index contributed by atoms with van der Waals surface area (Å²) >= 11 is 1.37. The highest BCUT2D eigenvalue weighted by Crippen LogP contribution is 2.18. The lowest BCUT2D eigenvalue weighted by atomic mass is 10.2. The molecule has 7 heteroatoms. The zero-order valence-electron chi connectivity index (χ0n) is 12.6. The molecule has 0 unspecified atom stereocenters. The highest BCUT2D eigenvalue weighted by molar-refractivity contribution is 8.00. The van der Waals surface area contributed by atoms with Gasteiger partial charge in [0.05, 0.1) is 17.9 Å². The Morgan fingerprint density at radius 3 is 2.57 bits per heavy atom. The van der Waals surface area contributed by atoms with Crippen LogP contribution in [0.1, 0.15) is 17.3 Å². The molecule has 6 nitrogen and oxygen atoms in total. The first-order valence-electron chi connectivity index (χ1n) is 7.00. The van der Waals surface area contributed by atoms with Crippen molar-refractivity contribution < 1.29 is 14.3 Å². The van der Waals surface area contributed by atoms with Crippen molar-refractivity contribution in [3.05, 3.63) is 48.2 Å². The Bertz CT molecular complexity index is 672. The van der Waals surface area contributed by atoms with Crippen LogP contribution in [0.2, 0.25) is 0 Å². The lowest BCUT2D eigenvalue weighted by Gasteiger charge is -2.06. The smallest absolute Gasteiger partial charge is 0.338 e. The SMILES string of the molecule is CCOC(=O)c1ccc(NC(=O)CSc2ccc(N)nc2)cc1. The molecule has 120 valence electrons. The van der Waals surface area contributed by atoms with Gasteiger partial charge in [-0.15, -0.1) is 11.8 Å². The van der Waals surface area contributed by atoms with Gasteiger partial charge in [-0.2, -0.15) is 0 Å². The van der Waals surface area contributed by atoms with Crippen molar-refractivity contribution in [3.63, 3.8) is 0 Å². The summed E-state index contributed by atoms with van der Waals surface area (Å²) in [5.41, 5.74) is 6.58. The summed E-state index contributed by atoms with van der Waals surface area (Å²) < 4.78 is 4.90. The lowest BCUT2D eigenvalue weighted by Crippen LogP contribution is -2.14. The van der Waals surface area contributed by atoms with E-state index in [-0.39, 0.29) is 17.6 Å². The second kappa shape index (κ2) is 8.19. The Morgan fingerprint density at radius 1 is 1.22 bits per heavy atom. The number of esters is 1. The Kier molecular flexibility index (Phi) is 5.99. The molecule has 0 radical (unpaired) electrons. The van der Waals surface area contributed by atoms with Crippen LogP contribution in [0.4, 0.5) is 11.5 Å². The molecule has 2 aromatic rings. The molecular weight excluding hydrogens is 314 g/mol. The highest BCUT2D eigenvalue weighted by Gasteiger charge is 2.07. The minimum absolute atomic E-state index is 0.143. The van der Waals surface area contributed by atoms with Crippen LogP contribution in [-0.2, 0) is 9.53 Å². The predicted octanol–water partition coefficient (Wildman–Crippen LogP) is 2.57. The van der Waals surface area contributed by atoms with Crippen LogP contribution in [0.25, 0.3) is 0 Å². The third-order valence-corrected chi connectivity index (χ3v) is 3.79. The van der Waals surface area contributed by atoms with E-state index in [1.807, 2.05) is 6.07 Å². The van der Waals surface area contributed by atoms with Crippen LogP contribution in [0.3, 0.4) is 0 Å². The molecule has 1 aromatic heterocycles. The number of nitrogens with zero attached hydrogens (tertiary/aromatic N) is 1. The molecule has 0 saturated heterocycles. The Labute approximate surface area is 138 Å². The van der Waals surface area contributed by atoms with Gasteiger partial charge >= 0.3 is 5.97 Å². The van der Waals surface area contributed by atoms with E-state index in [1.165, 1.54) is 11.8 Å². The number of anilines is 2. The second-order valence-corrected chi connectivity index (χ2v) is 5.60. The number of nitrogens with one attached hydrogen (secondary N) is 1. The van der Waals surface area contributed by atoms with E-state index in [2.05, 4.69) is 10.3 Å². The minimum atomic E-state index is -0.378. The third-order valence-electron chi connectivity index (χ3n) is 2.81. The zero-order valence-corrected chi connectivity index (χ0v) is 13.4. The standard InChI is InChI=1S/C16H17N3O3S/c1-2-22-16(21)11-3-5-12(6-4-11)19-15(20)10-23-13-7-8-14(17)18-9-13/h3-9H,2,10H2,1H3,(H2,17,18)(H,19,20). The topological polar surface area (TPSA) is 94.3 Å². The molecule has 0 aliphatic heterocycles. The van der Waals surface area contributed by atoms with Gasteiger partial charge in [0.15, 0.2) is 0 Å². The van der Waals surface area contributed by atoms with Crippen molar-refractivity contribution in [2.45, 2.75) is 11.8 Å². The van der Waals surface area contributed by atoms with E-state index < -0.39 is 0 Å². The summed E-state index contributed by atoms with van der Waals surface area (Å²) in [7, 11) is 0. The Balaban J connectivity index is 1.85. The summed E-state index contributed by atoms with van der Waals surface area (Å²) in [6.45, 7) is 2.08. The van der Waals surface area contributed by atoms with Crippen LogP contribution >= 0.6 is 11.8 Å². The number of rotatable bonds is 6. The van der Waals surface area contributed by atoms with E-state index in [4.69, 9.17) is 10.5 Å². The Morgan fingerprint density at radius 2 is 1.96 bits per heavy atom. The van der Waals surface area contributed by atoms with E-state index in [1.54, 1.807) is 43.5 Å². The molecule has 1 amide bonds. The van der Waals surface area contributed by atoms with Gasteiger partial charge in [0.2, 0.25) is 5.91 Å². The van der Waals surface area contributed by atoms with Crippen molar-refractivity contribution in [3.8, 4) is 0 Å². The fourth-order valence-corrected chi connectivity index (χ4v) is 2.39. The monoisotopic (exact) mass is 331 g/mol. The molecule has 2 rings (SSSR count). The van der Waals surface area contributed by atoms with Crippen molar-refractivity contribution in [2.24, 2.45) is 0 Å². The highest BCUT2D eigenvalue weighted by atomic mass is 32.2. The van der Waals surface area contributed by atoms with Crippen molar-refractivity contribution >= 4 is 35.1 Å². The summed E-state index contributed by atoms with van der Waals surface area (Å²) in [4.78, 5) is 28.3. The molecule has 3 N–H and O–H groups in total. The van der Waals surface area contributed by atoms with Crippen LogP contribution in [0, 0.1) is 0 Å². The van der Waals surface area contributed by atoms with Crippen molar-refractivity contribution in [1.29, 1.82) is 0 Å². The number of amides is 1. The van der Waals surface area contributed by atoms with Gasteiger partial charge in [-0.1, -0.05) is 0 Å². The van der Waals surface area contributed by atoms with Gasteiger partial charge in [0.25, 0.3) is 0 Å². The van der Waals surface area contributed by atoms with E-state index in [0.717, 1.165) is 4.90 Å². The maximum Gasteiger partial charge on any atom is 0.338 e. The molecule has 0 bridgehead atoms. The number of carbonyl (C=O) groups is 2. The molecule has 0 fully saturated rings. The summed E-state index contributed by atoms with van der Waals surface area (Å²) in [6.07, 6.45) is 1.63. The number of ether oxygens (including phenoxy) is 1. The van der Waals surface area contributed by atoms with Crippen LogP contribution < -0.4 is 11.1 Å². The van der Waals surface area contributed by atoms with Gasteiger partial charge in [-0.05, 0) is 43.3 Å². The number of hydrogen-bond donors (Lipinski definition) is 2. The molecule has 0 aliphatic carbocycles. The maximum atomic E-state index is 11.9. The van der Waals surface area contributed by atoms with Gasteiger partial charge in [0, 0.05) is 16.8 Å². The molecule has 0 saturated carbocycles. The first-order chi connectivity index (χ1) is 11.1. The van der Waals surface area contributed by atoms with Gasteiger partial charge in [-0.25, -0.2) is 9.78 Å². The van der Waals surface area contributed by atoms with Crippen LogP contribution in [0.15, 0.2) is 47.5 Å². The van der Waals surface area contributed by atoms with Crippen LogP contribution in [0.5, 0.6) is 0 Å². The molecule has 23 heavy (non-hydrogen) atoms. The number of aromatic nitrogens is 1. The van der Waals surface area contributed by atoms with Gasteiger partial charge in [0.1, 0.15) is 5.82 Å². The van der Waals surface area contributed by atoms with Gasteiger partial charge < -0.3 is 15.8 Å². The molecule has 0 aliphatic rings. The fraction of sp³-hybridized carbons (Fsp3) is 0.188. The number of hydrogen-bond acceptors (Lipinski definition) is 6. The first-order valence-corrected chi connectivity index (χ1v) is 7.98. The van der Waals surface area contributed by atoms with E-state index in [9.17, 15) is 9.59 Å². The van der Waals surface area contributed by atoms with E-state index in [0.29, 0.717) is 23.7 Å². The first kappa shape index (κ1) is 16.8. The average molecular weight is 331 g/mol. The molecular formula is C16H17N3O3S. The number of carbonyl (C=O) groups excluding carboxylic acids is 2. The summed E-state index contributed by atoms with van der Waals surface area (Å²) in [5, 5.41) is 2.76. The molecule has 0 spiro atoms. The number of nitrogens with two attached hydrogens (primary N) is 1. The van der Waals surface area contributed by atoms with Crippen LogP contribution in [-0.4, -0.2) is 29.2 Å². The summed E-state index contributed by atoms with van der Waals surface area (Å²) in [6, 6.07) is 10.1. The third kappa shape index (κ3) is 5.30. The number of thioether (sulfide) groups is 1. The molecule has 0 atom stereocenters. The average Bonchev–Trinajstić information content (AvgIpc) is 2.55. The quantitative estimate of drug-likeness (QED) is 0.624. The molecule has 1 aromatic carbocycles. The summed E-state index contributed by atoms with van der Waals surface area (Å²) in [5.74, 6) is 0.179. The zero-order chi connectivity index (χ0) is 16.7. The molecule has 1 heterocycles. The van der Waals surface area contributed by atoms with E-state index >= 15 is 0 Å². The number of benzene rings is 1. The number of pyridine rings is 1.